The smallest absolute Gasteiger partial charge is 0.355 e. The van der Waals surface area contributed by atoms with Crippen LogP contribution >= 0.6 is 0 Å². The van der Waals surface area contributed by atoms with Gasteiger partial charge in [-0.05, 0) is 55.2 Å². The molecule has 1 aliphatic heterocycles. The van der Waals surface area contributed by atoms with E-state index in [2.05, 4.69) is 20.3 Å². The number of carbonyl (C=O) groups excluding carboxylic acids is 1. The Hall–Kier alpha value is -3.66. The van der Waals surface area contributed by atoms with Gasteiger partial charge in [-0.1, -0.05) is 6.92 Å². The van der Waals surface area contributed by atoms with Crippen LogP contribution in [0.2, 0.25) is 0 Å². The fraction of sp³-hybridized carbons (Fsp3) is 0.360. The fourth-order valence-corrected chi connectivity index (χ4v) is 5.91. The molecular formula is C25H24F7N5O3S. The molecule has 1 unspecified atom stereocenters. The Balaban J connectivity index is 0.000000239. The van der Waals surface area contributed by atoms with E-state index < -0.39 is 46.1 Å². The summed E-state index contributed by atoms with van der Waals surface area (Å²) in [6.07, 6.45) is -6.17. The molecule has 8 nitrogen and oxygen atoms in total. The van der Waals surface area contributed by atoms with Crippen LogP contribution in [0.5, 0.6) is 0 Å². The van der Waals surface area contributed by atoms with E-state index in [4.69, 9.17) is 0 Å². The Morgan fingerprint density at radius 2 is 1.59 bits per heavy atom. The topological polar surface area (TPSA) is 105 Å². The Morgan fingerprint density at radius 1 is 0.976 bits per heavy atom. The highest BCUT2D eigenvalue weighted by atomic mass is 32.2. The van der Waals surface area contributed by atoms with Crippen molar-refractivity contribution in [1.82, 2.24) is 24.6 Å². The minimum Gasteiger partial charge on any atom is -0.355 e. The number of pyridine rings is 1. The molecule has 0 radical (unpaired) electrons. The lowest BCUT2D eigenvalue weighted by atomic mass is 10.1. The third-order valence-corrected chi connectivity index (χ3v) is 8.01. The SMILES string of the molecule is CC1C[C@@H](C)N(S(=O)(=O)c2ccc(F)cc2)C1.O=CNCc1cc(-c2cnc(C(F)(F)F)nc2)ncc1C(F)(F)F. The standard InChI is InChI=1S/C13H8F6N4O.C12H16FNO2S/c14-12(15,16)9-5-21-10(1-7(9)2-20-6-24)8-3-22-11(23-4-8)13(17,18)19;1-9-7-10(2)14(8-9)17(15,16)12-5-3-11(13)4-6-12/h1,3-6H,2H2,(H,20,24);3-6,9-10H,7-8H2,1-2H3/t;9?,10-/m.1/s1. The van der Waals surface area contributed by atoms with E-state index in [1.165, 1.54) is 28.6 Å². The van der Waals surface area contributed by atoms with Crippen LogP contribution < -0.4 is 5.32 Å². The summed E-state index contributed by atoms with van der Waals surface area (Å²) in [6, 6.07) is 6.01. The summed E-state index contributed by atoms with van der Waals surface area (Å²) in [5.74, 6) is -1.42. The highest BCUT2D eigenvalue weighted by Crippen LogP contribution is 2.34. The van der Waals surface area contributed by atoms with Crippen LogP contribution in [0.1, 0.15) is 37.2 Å². The van der Waals surface area contributed by atoms with Gasteiger partial charge in [0.05, 0.1) is 16.2 Å². The molecule has 0 bridgehead atoms. The third kappa shape index (κ3) is 7.97. The predicted molar refractivity (Wildman–Crippen MR) is 132 cm³/mol. The lowest BCUT2D eigenvalue weighted by Crippen LogP contribution is -2.33. The van der Waals surface area contributed by atoms with Gasteiger partial charge in [0.2, 0.25) is 22.3 Å². The molecule has 0 spiro atoms. The predicted octanol–water partition coefficient (Wildman–Crippen LogP) is 5.07. The van der Waals surface area contributed by atoms with E-state index in [1.54, 1.807) is 0 Å². The fourth-order valence-electron chi connectivity index (χ4n) is 4.15. The highest BCUT2D eigenvalue weighted by molar-refractivity contribution is 7.89. The molecule has 1 saturated heterocycles. The van der Waals surface area contributed by atoms with Gasteiger partial charge in [-0.25, -0.2) is 22.8 Å². The molecule has 222 valence electrons. The third-order valence-electron chi connectivity index (χ3n) is 6.02. The van der Waals surface area contributed by atoms with Crippen molar-refractivity contribution in [1.29, 1.82) is 0 Å². The summed E-state index contributed by atoms with van der Waals surface area (Å²) in [5.41, 5.74) is -1.41. The monoisotopic (exact) mass is 607 g/mol. The number of alkyl halides is 6. The molecule has 1 N–H and O–H groups in total. The number of benzene rings is 1. The first-order chi connectivity index (χ1) is 19.0. The maximum Gasteiger partial charge on any atom is 0.451 e. The molecule has 1 amide bonds. The van der Waals surface area contributed by atoms with Gasteiger partial charge in [-0.15, -0.1) is 0 Å². The number of hydrogen-bond acceptors (Lipinski definition) is 6. The van der Waals surface area contributed by atoms with Gasteiger partial charge >= 0.3 is 12.4 Å². The van der Waals surface area contributed by atoms with Gasteiger partial charge in [-0.2, -0.15) is 30.6 Å². The number of carbonyl (C=O) groups is 1. The molecule has 1 fully saturated rings. The molecule has 1 aromatic carbocycles. The molecule has 1 aliphatic rings. The molecule has 3 heterocycles. The normalized spacial score (nSPS) is 18.0. The van der Waals surface area contributed by atoms with Gasteiger partial charge in [0.25, 0.3) is 0 Å². The second-order valence-electron chi connectivity index (χ2n) is 9.23. The number of sulfonamides is 1. The van der Waals surface area contributed by atoms with E-state index in [0.717, 1.165) is 24.9 Å². The molecule has 2 aromatic heterocycles. The van der Waals surface area contributed by atoms with E-state index in [1.807, 2.05) is 13.8 Å². The van der Waals surface area contributed by atoms with Crippen LogP contribution in [0, 0.1) is 11.7 Å². The van der Waals surface area contributed by atoms with Crippen LogP contribution in [0.15, 0.2) is 53.8 Å². The lowest BCUT2D eigenvalue weighted by molar-refractivity contribution is -0.145. The van der Waals surface area contributed by atoms with E-state index >= 15 is 0 Å². The minimum atomic E-state index is -4.73. The Labute approximate surface area is 230 Å². The van der Waals surface area contributed by atoms with Crippen LogP contribution in [0.4, 0.5) is 30.7 Å². The van der Waals surface area contributed by atoms with Crippen LogP contribution in [0.25, 0.3) is 11.3 Å². The minimum absolute atomic E-state index is 0.00378. The lowest BCUT2D eigenvalue weighted by Gasteiger charge is -2.20. The van der Waals surface area contributed by atoms with Gasteiger partial charge in [0.15, 0.2) is 0 Å². The zero-order chi connectivity index (χ0) is 30.6. The summed E-state index contributed by atoms with van der Waals surface area (Å²) in [4.78, 5) is 20.3. The summed E-state index contributed by atoms with van der Waals surface area (Å²) < 4.78 is 115. The van der Waals surface area contributed by atoms with Crippen molar-refractivity contribution >= 4 is 16.4 Å². The van der Waals surface area contributed by atoms with Gasteiger partial charge in [0.1, 0.15) is 5.82 Å². The van der Waals surface area contributed by atoms with Crippen molar-refractivity contribution in [3.63, 3.8) is 0 Å². The molecule has 0 aliphatic carbocycles. The van der Waals surface area contributed by atoms with Crippen LogP contribution in [-0.4, -0.2) is 46.7 Å². The van der Waals surface area contributed by atoms with E-state index in [-0.39, 0.29) is 34.2 Å². The van der Waals surface area contributed by atoms with Gasteiger partial charge in [-0.3, -0.25) is 9.78 Å². The Bertz CT molecular complexity index is 1450. The number of aromatic nitrogens is 3. The van der Waals surface area contributed by atoms with Crippen molar-refractivity contribution in [2.45, 2.75) is 50.1 Å². The first-order valence-corrected chi connectivity index (χ1v) is 13.4. The molecule has 3 aromatic rings. The second kappa shape index (κ2) is 12.5. The van der Waals surface area contributed by atoms with Crippen LogP contribution in [0.3, 0.4) is 0 Å². The Morgan fingerprint density at radius 3 is 2.07 bits per heavy atom. The largest absolute Gasteiger partial charge is 0.451 e. The number of amides is 1. The van der Waals surface area contributed by atoms with Crippen molar-refractivity contribution in [3.8, 4) is 11.3 Å². The molecule has 41 heavy (non-hydrogen) atoms. The first-order valence-electron chi connectivity index (χ1n) is 11.9. The summed E-state index contributed by atoms with van der Waals surface area (Å²) in [7, 11) is -3.47. The molecule has 16 heteroatoms. The molecule has 2 atom stereocenters. The summed E-state index contributed by atoms with van der Waals surface area (Å²) in [5, 5.41) is 2.10. The summed E-state index contributed by atoms with van der Waals surface area (Å²) >= 11 is 0. The quantitative estimate of drug-likeness (QED) is 0.310. The van der Waals surface area contributed by atoms with Crippen molar-refractivity contribution in [2.24, 2.45) is 5.92 Å². The number of nitrogens with zero attached hydrogens (tertiary/aromatic N) is 4. The highest BCUT2D eigenvalue weighted by Gasteiger charge is 2.37. The Kier molecular flexibility index (Phi) is 9.69. The number of halogens is 7. The molecular weight excluding hydrogens is 583 g/mol. The molecule has 4 rings (SSSR count). The first kappa shape index (κ1) is 31.9. The van der Waals surface area contributed by atoms with E-state index in [9.17, 15) is 43.9 Å². The van der Waals surface area contributed by atoms with Gasteiger partial charge < -0.3 is 5.32 Å². The second-order valence-corrected chi connectivity index (χ2v) is 11.1. The molecule has 0 saturated carbocycles. The van der Waals surface area contributed by atoms with Crippen molar-refractivity contribution in [3.05, 3.63) is 71.7 Å². The number of rotatable bonds is 6. The van der Waals surface area contributed by atoms with Crippen molar-refractivity contribution < 1.29 is 43.9 Å². The average Bonchev–Trinajstić information content (AvgIpc) is 3.25. The van der Waals surface area contributed by atoms with Crippen molar-refractivity contribution in [2.75, 3.05) is 6.54 Å². The van der Waals surface area contributed by atoms with Crippen LogP contribution in [-0.2, 0) is 33.7 Å². The zero-order valence-corrected chi connectivity index (χ0v) is 22.4. The average molecular weight is 608 g/mol. The summed E-state index contributed by atoms with van der Waals surface area (Å²) in [6.45, 7) is 4.07. The zero-order valence-electron chi connectivity index (χ0n) is 21.5. The maximum atomic E-state index is 12.9. The number of nitrogens with one attached hydrogen (secondary N) is 1. The van der Waals surface area contributed by atoms with E-state index in [0.29, 0.717) is 18.7 Å². The number of hydrogen-bond donors (Lipinski definition) is 1. The maximum absolute atomic E-state index is 12.9. The van der Waals surface area contributed by atoms with Gasteiger partial charge in [0, 0.05) is 43.3 Å².